The second-order valence-corrected chi connectivity index (χ2v) is 11.1. The van der Waals surface area contributed by atoms with Crippen LogP contribution in [0.3, 0.4) is 0 Å². The fraction of sp³-hybridized carbons (Fsp3) is 0.417. The Labute approximate surface area is 216 Å². The quantitative estimate of drug-likeness (QED) is 0.436. The standard InChI is InChI=1S/C24H26F4N2O7S/c1-23(2,24(26,27)28)37-22(33)29-16-6-5-15-10-14(4-9-21(31)32)13-30(19(15)11-16)38(34,35)17-7-8-18(25)20(12-17)36-3/h5-8,11-12,14H,4,9-10,13H2,1-3H3,(H,29,33)(H,31,32). The Morgan fingerprint density at radius 1 is 1.16 bits per heavy atom. The van der Waals surface area contributed by atoms with Crippen molar-refractivity contribution in [1.82, 2.24) is 0 Å². The van der Waals surface area contributed by atoms with Crippen molar-refractivity contribution in [2.45, 2.75) is 49.8 Å². The van der Waals surface area contributed by atoms with Crippen molar-refractivity contribution in [2.24, 2.45) is 5.92 Å². The number of carboxylic acid groups (broad SMARTS) is 1. The van der Waals surface area contributed by atoms with Gasteiger partial charge in [-0.1, -0.05) is 6.07 Å². The number of benzene rings is 2. The smallest absolute Gasteiger partial charge is 0.427 e. The lowest BCUT2D eigenvalue weighted by Crippen LogP contribution is -2.44. The highest BCUT2D eigenvalue weighted by Crippen LogP contribution is 2.38. The van der Waals surface area contributed by atoms with E-state index >= 15 is 0 Å². The molecule has 0 spiro atoms. The van der Waals surface area contributed by atoms with Crippen LogP contribution >= 0.6 is 0 Å². The van der Waals surface area contributed by atoms with Crippen LogP contribution in [0.4, 0.5) is 33.7 Å². The molecule has 0 fully saturated rings. The van der Waals surface area contributed by atoms with Gasteiger partial charge in [0.05, 0.1) is 17.7 Å². The van der Waals surface area contributed by atoms with Crippen molar-refractivity contribution in [1.29, 1.82) is 0 Å². The van der Waals surface area contributed by atoms with E-state index in [-0.39, 0.29) is 47.3 Å². The van der Waals surface area contributed by atoms with Crippen molar-refractivity contribution in [3.05, 3.63) is 47.8 Å². The van der Waals surface area contributed by atoms with Gasteiger partial charge in [0.2, 0.25) is 5.60 Å². The van der Waals surface area contributed by atoms with Gasteiger partial charge in [-0.05, 0) is 62.4 Å². The van der Waals surface area contributed by atoms with Crippen molar-refractivity contribution < 1.29 is 50.1 Å². The molecule has 38 heavy (non-hydrogen) atoms. The molecule has 14 heteroatoms. The fourth-order valence-corrected chi connectivity index (χ4v) is 5.45. The summed E-state index contributed by atoms with van der Waals surface area (Å²) in [5, 5.41) is 11.3. The molecule has 9 nitrogen and oxygen atoms in total. The predicted octanol–water partition coefficient (Wildman–Crippen LogP) is 4.96. The van der Waals surface area contributed by atoms with Gasteiger partial charge in [0.15, 0.2) is 11.6 Å². The van der Waals surface area contributed by atoms with Gasteiger partial charge in [0.25, 0.3) is 10.0 Å². The lowest BCUT2D eigenvalue weighted by atomic mass is 9.90. The molecule has 0 saturated carbocycles. The molecule has 0 radical (unpaired) electrons. The van der Waals surface area contributed by atoms with Crippen LogP contribution in [0.1, 0.15) is 32.3 Å². The maximum Gasteiger partial charge on any atom is 0.427 e. The molecule has 208 valence electrons. The van der Waals surface area contributed by atoms with E-state index in [9.17, 15) is 35.6 Å². The average Bonchev–Trinajstić information content (AvgIpc) is 2.81. The number of ether oxygens (including phenoxy) is 2. The molecule has 1 atom stereocenters. The minimum Gasteiger partial charge on any atom is -0.494 e. The van der Waals surface area contributed by atoms with Gasteiger partial charge >= 0.3 is 18.2 Å². The van der Waals surface area contributed by atoms with Gasteiger partial charge in [-0.15, -0.1) is 0 Å². The van der Waals surface area contributed by atoms with Crippen molar-refractivity contribution in [2.75, 3.05) is 23.3 Å². The van der Waals surface area contributed by atoms with Crippen LogP contribution in [-0.2, 0) is 26.0 Å². The number of rotatable bonds is 8. The number of nitrogens with zero attached hydrogens (tertiary/aromatic N) is 1. The van der Waals surface area contributed by atoms with Gasteiger partial charge in [0.1, 0.15) is 0 Å². The summed E-state index contributed by atoms with van der Waals surface area (Å²) in [7, 11) is -3.17. The molecule has 1 aliphatic rings. The molecule has 0 aromatic heterocycles. The first-order valence-electron chi connectivity index (χ1n) is 11.3. The number of hydrogen-bond acceptors (Lipinski definition) is 6. The number of aliphatic carboxylic acids is 1. The number of halogens is 4. The van der Waals surface area contributed by atoms with E-state index in [2.05, 4.69) is 10.1 Å². The number of carboxylic acids is 1. The van der Waals surface area contributed by atoms with E-state index in [0.717, 1.165) is 22.5 Å². The first-order chi connectivity index (χ1) is 17.5. The summed E-state index contributed by atoms with van der Waals surface area (Å²) in [6, 6.07) is 7.10. The zero-order valence-corrected chi connectivity index (χ0v) is 21.5. The largest absolute Gasteiger partial charge is 0.494 e. The minimum absolute atomic E-state index is 0.0346. The fourth-order valence-electron chi connectivity index (χ4n) is 3.86. The Morgan fingerprint density at radius 2 is 1.84 bits per heavy atom. The van der Waals surface area contributed by atoms with Crippen molar-refractivity contribution in [3.63, 3.8) is 0 Å². The summed E-state index contributed by atoms with van der Waals surface area (Å²) in [6.45, 7) is 1.24. The molecule has 2 N–H and O–H groups in total. The second-order valence-electron chi connectivity index (χ2n) is 9.20. The third-order valence-corrected chi connectivity index (χ3v) is 7.82. The third kappa shape index (κ3) is 6.29. The number of alkyl halides is 3. The molecule has 1 amide bonds. The first-order valence-corrected chi connectivity index (χ1v) is 12.8. The minimum atomic E-state index is -4.83. The first kappa shape index (κ1) is 29.0. The number of methoxy groups -OCH3 is 1. The van der Waals surface area contributed by atoms with Crippen LogP contribution < -0.4 is 14.4 Å². The molecule has 0 bridgehead atoms. The number of nitrogens with one attached hydrogen (secondary N) is 1. The summed E-state index contributed by atoms with van der Waals surface area (Å²) in [4.78, 5) is 23.0. The lowest BCUT2D eigenvalue weighted by molar-refractivity contribution is -0.242. The van der Waals surface area contributed by atoms with Crippen molar-refractivity contribution >= 4 is 33.5 Å². The molecule has 1 unspecified atom stereocenters. The van der Waals surface area contributed by atoms with E-state index in [1.165, 1.54) is 25.3 Å². The number of hydrogen-bond donors (Lipinski definition) is 2. The zero-order chi connectivity index (χ0) is 28.5. The van der Waals surface area contributed by atoms with E-state index in [0.29, 0.717) is 25.8 Å². The maximum atomic E-state index is 13.9. The van der Waals surface area contributed by atoms with E-state index in [4.69, 9.17) is 9.84 Å². The number of sulfonamides is 1. The SMILES string of the molecule is COc1cc(S(=O)(=O)N2CC(CCC(=O)O)Cc3ccc(NC(=O)OC(C)(C)C(F)(F)F)cc32)ccc1F. The topological polar surface area (TPSA) is 122 Å². The predicted molar refractivity (Wildman–Crippen MR) is 128 cm³/mol. The average molecular weight is 563 g/mol. The van der Waals surface area contributed by atoms with Gasteiger partial charge in [0, 0.05) is 24.7 Å². The van der Waals surface area contributed by atoms with Gasteiger partial charge in [-0.3, -0.25) is 14.4 Å². The summed E-state index contributed by atoms with van der Waals surface area (Å²) in [5.41, 5.74) is -2.20. The Bertz CT molecular complexity index is 1330. The van der Waals surface area contributed by atoms with Crippen LogP contribution in [-0.4, -0.2) is 51.0 Å². The maximum absolute atomic E-state index is 13.9. The lowest BCUT2D eigenvalue weighted by Gasteiger charge is -2.35. The molecule has 2 aromatic carbocycles. The Hall–Kier alpha value is -3.55. The van der Waals surface area contributed by atoms with E-state index in [1.54, 1.807) is 0 Å². The Kier molecular flexibility index (Phi) is 8.15. The van der Waals surface area contributed by atoms with Crippen LogP contribution in [0, 0.1) is 11.7 Å². The molecule has 1 heterocycles. The number of fused-ring (bicyclic) bond motifs is 1. The van der Waals surface area contributed by atoms with Crippen molar-refractivity contribution in [3.8, 4) is 5.75 Å². The van der Waals surface area contributed by atoms with E-state index in [1.807, 2.05) is 0 Å². The zero-order valence-electron chi connectivity index (χ0n) is 20.6. The van der Waals surface area contributed by atoms with Crippen LogP contribution in [0.2, 0.25) is 0 Å². The second kappa shape index (κ2) is 10.7. The van der Waals surface area contributed by atoms with Gasteiger partial charge < -0.3 is 14.6 Å². The molecular weight excluding hydrogens is 536 g/mol. The number of amides is 1. The van der Waals surface area contributed by atoms with Crippen LogP contribution in [0.5, 0.6) is 5.75 Å². The normalized spacial score (nSPS) is 16.0. The Morgan fingerprint density at radius 3 is 2.45 bits per heavy atom. The van der Waals surface area contributed by atoms with Gasteiger partial charge in [-0.2, -0.15) is 13.2 Å². The third-order valence-electron chi connectivity index (χ3n) is 6.04. The number of anilines is 2. The number of carbonyl (C=O) groups excluding carboxylic acids is 1. The summed E-state index contributed by atoms with van der Waals surface area (Å²) >= 11 is 0. The molecule has 0 saturated heterocycles. The van der Waals surface area contributed by atoms with Crippen LogP contribution in [0.15, 0.2) is 41.3 Å². The molecule has 0 aliphatic carbocycles. The molecular formula is C24H26F4N2O7S. The highest BCUT2D eigenvalue weighted by atomic mass is 32.2. The molecule has 2 aromatic rings. The van der Waals surface area contributed by atoms with Gasteiger partial charge in [-0.25, -0.2) is 17.6 Å². The monoisotopic (exact) mass is 562 g/mol. The molecule has 1 aliphatic heterocycles. The van der Waals surface area contributed by atoms with E-state index < -0.39 is 39.7 Å². The summed E-state index contributed by atoms with van der Waals surface area (Å²) in [5.74, 6) is -2.52. The summed E-state index contributed by atoms with van der Waals surface area (Å²) in [6.07, 6.45) is -5.94. The number of carbonyl (C=O) groups is 2. The molecule has 3 rings (SSSR count). The highest BCUT2D eigenvalue weighted by molar-refractivity contribution is 7.92. The Balaban J connectivity index is 1.99. The van der Waals surface area contributed by atoms with Crippen LogP contribution in [0.25, 0.3) is 0 Å². The highest BCUT2D eigenvalue weighted by Gasteiger charge is 2.51. The summed E-state index contributed by atoms with van der Waals surface area (Å²) < 4.78 is 90.9.